The van der Waals surface area contributed by atoms with E-state index in [0.717, 1.165) is 75.4 Å². The van der Waals surface area contributed by atoms with Gasteiger partial charge in [0, 0.05) is 83.0 Å². The second-order valence-electron chi connectivity index (χ2n) is 14.2. The Hall–Kier alpha value is -3.25. The first-order chi connectivity index (χ1) is 23.3. The molecule has 4 unspecified atom stereocenters. The number of fused-ring (bicyclic) bond motifs is 8. The van der Waals surface area contributed by atoms with Gasteiger partial charge in [0.25, 0.3) is 0 Å². The number of rotatable bonds is 7. The molecular formula is C36H40ClFN6O3S. The summed E-state index contributed by atoms with van der Waals surface area (Å²) in [4.78, 5) is 14.3. The summed E-state index contributed by atoms with van der Waals surface area (Å²) in [6, 6.07) is 10.7. The van der Waals surface area contributed by atoms with E-state index >= 15 is 4.39 Å². The number of phenolic OH excluding ortho intramolecular Hbond substituents is 1. The molecule has 0 amide bonds. The largest absolute Gasteiger partial charge is 0.508 e. The van der Waals surface area contributed by atoms with Crippen LogP contribution < -0.4 is 15.0 Å². The summed E-state index contributed by atoms with van der Waals surface area (Å²) >= 11 is 6.99. The molecule has 4 aromatic rings. The maximum Gasteiger partial charge on any atom is 0.319 e. The molecule has 2 N–H and O–H groups in total. The van der Waals surface area contributed by atoms with Crippen molar-refractivity contribution in [3.05, 3.63) is 52.3 Å². The van der Waals surface area contributed by atoms with Crippen LogP contribution in [0, 0.1) is 5.82 Å². The second-order valence-corrected chi connectivity index (χ2v) is 17.2. The molecule has 4 aliphatic heterocycles. The molecule has 9 nitrogen and oxygen atoms in total. The number of benzene rings is 3. The van der Waals surface area contributed by atoms with Gasteiger partial charge in [-0.3, -0.25) is 4.90 Å². The molecule has 0 saturated carbocycles. The quantitative estimate of drug-likeness (QED) is 0.238. The summed E-state index contributed by atoms with van der Waals surface area (Å²) in [6.07, 6.45) is 6.95. The minimum absolute atomic E-state index is 0.0598. The van der Waals surface area contributed by atoms with Crippen molar-refractivity contribution in [2.24, 2.45) is 4.36 Å². The van der Waals surface area contributed by atoms with E-state index in [-0.39, 0.29) is 27.9 Å². The fourth-order valence-electron chi connectivity index (χ4n) is 9.02. The Balaban J connectivity index is 1.07. The van der Waals surface area contributed by atoms with Crippen LogP contribution in [-0.4, -0.2) is 93.1 Å². The lowest BCUT2D eigenvalue weighted by atomic mass is 9.81. The normalized spacial score (nSPS) is 27.8. The highest BCUT2D eigenvalue weighted by Crippen LogP contribution is 2.45. The number of aryl methyl sites for hydroxylation is 2. The highest BCUT2D eigenvalue weighted by molar-refractivity contribution is 7.93. The predicted octanol–water partition coefficient (Wildman–Crippen LogP) is 5.70. The molecule has 0 radical (unpaired) electrons. The zero-order valence-electron chi connectivity index (χ0n) is 27.1. The lowest BCUT2D eigenvalue weighted by Crippen LogP contribution is -2.51. The van der Waals surface area contributed by atoms with Crippen LogP contribution in [0.1, 0.15) is 43.2 Å². The fourth-order valence-corrected chi connectivity index (χ4v) is 11.7. The number of phenols is 1. The van der Waals surface area contributed by atoms with Gasteiger partial charge in [0.1, 0.15) is 17.1 Å². The number of nitrogens with one attached hydrogen (secondary N) is 1. The van der Waals surface area contributed by atoms with Gasteiger partial charge in [-0.05, 0) is 90.6 Å². The molecule has 1 aromatic heterocycles. The number of hydrogen-bond donors (Lipinski definition) is 2. The Morgan fingerprint density at radius 1 is 1.08 bits per heavy atom. The summed E-state index contributed by atoms with van der Waals surface area (Å²) < 4.78 is 40.5. The standard InChI is InChI=1S/C36H40ClFN6O3S/c1-39-48(46)18-24-8-9-25(19-48)44(24)11-2-12-47-36-41-34-29(35(42-36)43-16-22-6-7-23(17-43)40-22)15-30(37)32(33(34)38)28-14-26(45)13-21-4-3-20-5-10-27(20)31(21)28/h3-4,13-15,22-25,40,45H,2,5-12,16-19H2,1H3. The molecule has 0 spiro atoms. The molecule has 12 heteroatoms. The lowest BCUT2D eigenvalue weighted by molar-refractivity contribution is 0.185. The zero-order valence-corrected chi connectivity index (χ0v) is 28.6. The van der Waals surface area contributed by atoms with E-state index in [1.807, 2.05) is 6.07 Å². The first-order valence-electron chi connectivity index (χ1n) is 17.2. The van der Waals surface area contributed by atoms with Crippen molar-refractivity contribution in [2.75, 3.05) is 49.7 Å². The molecule has 4 bridgehead atoms. The average molecular weight is 691 g/mol. The van der Waals surface area contributed by atoms with E-state index in [1.54, 1.807) is 25.2 Å². The smallest absolute Gasteiger partial charge is 0.319 e. The van der Waals surface area contributed by atoms with Gasteiger partial charge < -0.3 is 20.1 Å². The van der Waals surface area contributed by atoms with Gasteiger partial charge in [0.2, 0.25) is 0 Å². The summed E-state index contributed by atoms with van der Waals surface area (Å²) in [5, 5.41) is 17.0. The number of halogens is 2. The van der Waals surface area contributed by atoms with Crippen LogP contribution >= 0.6 is 11.6 Å². The van der Waals surface area contributed by atoms with E-state index in [2.05, 4.69) is 30.5 Å². The number of anilines is 1. The third-order valence-electron chi connectivity index (χ3n) is 11.4. The summed E-state index contributed by atoms with van der Waals surface area (Å²) in [7, 11) is -0.408. The van der Waals surface area contributed by atoms with Crippen LogP contribution in [0.3, 0.4) is 0 Å². The van der Waals surface area contributed by atoms with Crippen LogP contribution in [0.25, 0.3) is 32.8 Å². The molecule has 9 rings (SSSR count). The fraction of sp³-hybridized carbons (Fsp3) is 0.500. The third-order valence-corrected chi connectivity index (χ3v) is 14.2. The first kappa shape index (κ1) is 30.8. The molecule has 252 valence electrons. The monoisotopic (exact) mass is 690 g/mol. The van der Waals surface area contributed by atoms with Gasteiger partial charge >= 0.3 is 6.01 Å². The van der Waals surface area contributed by atoms with Crippen molar-refractivity contribution >= 4 is 48.8 Å². The van der Waals surface area contributed by atoms with Gasteiger partial charge in [-0.2, -0.15) is 9.97 Å². The van der Waals surface area contributed by atoms with Crippen LogP contribution in [0.5, 0.6) is 11.8 Å². The Labute approximate surface area is 285 Å². The Morgan fingerprint density at radius 3 is 2.56 bits per heavy atom. The third kappa shape index (κ3) is 5.11. The van der Waals surface area contributed by atoms with E-state index in [4.69, 9.17) is 21.3 Å². The zero-order chi connectivity index (χ0) is 32.7. The van der Waals surface area contributed by atoms with Gasteiger partial charge in [0.15, 0.2) is 5.82 Å². The predicted molar refractivity (Wildman–Crippen MR) is 189 cm³/mol. The van der Waals surface area contributed by atoms with Gasteiger partial charge in [-0.25, -0.2) is 13.0 Å². The summed E-state index contributed by atoms with van der Waals surface area (Å²) in [5.41, 5.74) is 3.39. The van der Waals surface area contributed by atoms with Crippen molar-refractivity contribution in [1.82, 2.24) is 20.2 Å². The summed E-state index contributed by atoms with van der Waals surface area (Å²) in [6.45, 7) is 2.74. The second kappa shape index (κ2) is 11.7. The number of hydrogen-bond acceptors (Lipinski definition) is 9. The van der Waals surface area contributed by atoms with E-state index in [0.29, 0.717) is 59.0 Å². The van der Waals surface area contributed by atoms with Crippen LogP contribution in [-0.2, 0) is 22.6 Å². The van der Waals surface area contributed by atoms with Crippen LogP contribution in [0.15, 0.2) is 34.7 Å². The number of aromatic nitrogens is 2. The Morgan fingerprint density at radius 2 is 1.85 bits per heavy atom. The maximum absolute atomic E-state index is 17.1. The van der Waals surface area contributed by atoms with Crippen molar-refractivity contribution in [2.45, 2.75) is 69.1 Å². The number of ether oxygens (including phenoxy) is 1. The van der Waals surface area contributed by atoms with E-state index < -0.39 is 15.5 Å². The molecule has 4 saturated heterocycles. The topological polar surface area (TPSA) is 103 Å². The van der Waals surface area contributed by atoms with E-state index in [1.165, 1.54) is 11.1 Å². The molecule has 4 fully saturated rings. The molecular weight excluding hydrogens is 651 g/mol. The number of nitrogens with zero attached hydrogens (tertiary/aromatic N) is 5. The minimum atomic E-state index is -2.09. The molecule has 5 heterocycles. The van der Waals surface area contributed by atoms with Crippen molar-refractivity contribution in [1.29, 1.82) is 0 Å². The SMILES string of the molecule is CN=S1(=O)CC2CCC(C1)N2CCCOc1nc(N2CC3CCC(C2)N3)c2cc(Cl)c(-c3cc(O)cc4ccc5c(c34)CC5)c(F)c2n1. The highest BCUT2D eigenvalue weighted by atomic mass is 35.5. The Bertz CT molecular complexity index is 2070. The van der Waals surface area contributed by atoms with Crippen molar-refractivity contribution in [3.63, 3.8) is 0 Å². The Kier molecular flexibility index (Phi) is 7.49. The van der Waals surface area contributed by atoms with Gasteiger partial charge in [-0.15, -0.1) is 0 Å². The van der Waals surface area contributed by atoms with E-state index in [9.17, 15) is 9.32 Å². The number of aromatic hydroxyl groups is 1. The van der Waals surface area contributed by atoms with Crippen molar-refractivity contribution < 1.29 is 18.4 Å². The molecule has 3 aromatic carbocycles. The molecule has 4 atom stereocenters. The lowest BCUT2D eigenvalue weighted by Gasteiger charge is -2.36. The van der Waals surface area contributed by atoms with Gasteiger partial charge in [-0.1, -0.05) is 23.7 Å². The molecule has 1 aliphatic carbocycles. The van der Waals surface area contributed by atoms with Gasteiger partial charge in [0.05, 0.1) is 11.6 Å². The van der Waals surface area contributed by atoms with Crippen LogP contribution in [0.4, 0.5) is 10.2 Å². The number of piperazine rings is 1. The molecule has 48 heavy (non-hydrogen) atoms. The average Bonchev–Trinajstić information content (AvgIpc) is 3.52. The molecule has 5 aliphatic rings. The minimum Gasteiger partial charge on any atom is -0.508 e. The van der Waals surface area contributed by atoms with Crippen LogP contribution in [0.2, 0.25) is 5.02 Å². The maximum atomic E-state index is 17.1. The highest BCUT2D eigenvalue weighted by Gasteiger charge is 2.41. The summed E-state index contributed by atoms with van der Waals surface area (Å²) in [5.74, 6) is 1.45. The first-order valence-corrected chi connectivity index (χ1v) is 19.5. The van der Waals surface area contributed by atoms with Crippen molar-refractivity contribution in [3.8, 4) is 22.9 Å².